The van der Waals surface area contributed by atoms with Crippen LogP contribution in [0.25, 0.3) is 0 Å². The zero-order valence-corrected chi connectivity index (χ0v) is 9.13. The van der Waals surface area contributed by atoms with Gasteiger partial charge in [-0.1, -0.05) is 6.92 Å². The molecule has 0 aliphatic carbocycles. The molecule has 1 rings (SSSR count). The predicted molar refractivity (Wildman–Crippen MR) is 54.2 cm³/mol. The van der Waals surface area contributed by atoms with Crippen molar-refractivity contribution in [2.75, 3.05) is 5.75 Å². The summed E-state index contributed by atoms with van der Waals surface area (Å²) in [5, 5.41) is 6.40. The Labute approximate surface area is 84.0 Å². The first-order valence-corrected chi connectivity index (χ1v) is 6.19. The topological polar surface area (TPSA) is 74.8 Å². The summed E-state index contributed by atoms with van der Waals surface area (Å²) >= 11 is 0. The SMILES string of the molecule is CCCS(=O)(=O)NC(C)c1cn[nH]c1. The van der Waals surface area contributed by atoms with E-state index in [1.165, 1.54) is 0 Å². The van der Waals surface area contributed by atoms with Gasteiger partial charge in [0.15, 0.2) is 0 Å². The van der Waals surface area contributed by atoms with Gasteiger partial charge < -0.3 is 0 Å². The van der Waals surface area contributed by atoms with Gasteiger partial charge in [-0.15, -0.1) is 0 Å². The summed E-state index contributed by atoms with van der Waals surface area (Å²) in [6, 6.07) is -0.231. The second-order valence-electron chi connectivity index (χ2n) is 3.19. The zero-order valence-electron chi connectivity index (χ0n) is 8.32. The van der Waals surface area contributed by atoms with Gasteiger partial charge in [0.1, 0.15) is 0 Å². The normalized spacial score (nSPS) is 14.1. The lowest BCUT2D eigenvalue weighted by Gasteiger charge is -2.11. The average molecular weight is 217 g/mol. The van der Waals surface area contributed by atoms with Crippen LogP contribution in [0, 0.1) is 0 Å². The molecule has 0 aliphatic rings. The van der Waals surface area contributed by atoms with E-state index < -0.39 is 10.0 Å². The van der Waals surface area contributed by atoms with Crippen molar-refractivity contribution in [3.8, 4) is 0 Å². The molecule has 0 bridgehead atoms. The summed E-state index contributed by atoms with van der Waals surface area (Å²) in [5.41, 5.74) is 0.838. The van der Waals surface area contributed by atoms with E-state index in [0.717, 1.165) is 5.56 Å². The molecule has 6 heteroatoms. The van der Waals surface area contributed by atoms with Crippen molar-refractivity contribution < 1.29 is 8.42 Å². The zero-order chi connectivity index (χ0) is 10.6. The van der Waals surface area contributed by atoms with E-state index in [2.05, 4.69) is 14.9 Å². The second kappa shape index (κ2) is 4.56. The molecule has 1 unspecified atom stereocenters. The highest BCUT2D eigenvalue weighted by atomic mass is 32.2. The molecule has 0 radical (unpaired) electrons. The highest BCUT2D eigenvalue weighted by Gasteiger charge is 2.14. The molecule has 0 aromatic carbocycles. The van der Waals surface area contributed by atoms with E-state index in [-0.39, 0.29) is 11.8 Å². The van der Waals surface area contributed by atoms with Gasteiger partial charge in [0.25, 0.3) is 0 Å². The molecule has 1 heterocycles. The number of aromatic amines is 1. The van der Waals surface area contributed by atoms with E-state index in [9.17, 15) is 8.42 Å². The highest BCUT2D eigenvalue weighted by Crippen LogP contribution is 2.10. The Morgan fingerprint density at radius 3 is 2.86 bits per heavy atom. The summed E-state index contributed by atoms with van der Waals surface area (Å²) in [4.78, 5) is 0. The van der Waals surface area contributed by atoms with Crippen LogP contribution in [0.2, 0.25) is 0 Å². The van der Waals surface area contributed by atoms with E-state index in [1.54, 1.807) is 19.3 Å². The number of rotatable bonds is 5. The fourth-order valence-electron chi connectivity index (χ4n) is 1.16. The summed E-state index contributed by atoms with van der Waals surface area (Å²) < 4.78 is 25.4. The fourth-order valence-corrected chi connectivity index (χ4v) is 2.49. The monoisotopic (exact) mass is 217 g/mol. The molecule has 1 atom stereocenters. The molecule has 0 saturated carbocycles. The fraction of sp³-hybridized carbons (Fsp3) is 0.625. The third-order valence-electron chi connectivity index (χ3n) is 1.85. The Kier molecular flexibility index (Phi) is 3.65. The van der Waals surface area contributed by atoms with Crippen molar-refractivity contribution in [2.45, 2.75) is 26.3 Å². The van der Waals surface area contributed by atoms with Crippen LogP contribution in [0.15, 0.2) is 12.4 Å². The largest absolute Gasteiger partial charge is 0.285 e. The lowest BCUT2D eigenvalue weighted by atomic mass is 10.2. The molecule has 1 aromatic heterocycles. The number of hydrogen-bond acceptors (Lipinski definition) is 3. The predicted octanol–water partition coefficient (Wildman–Crippen LogP) is 0.800. The molecule has 5 nitrogen and oxygen atoms in total. The summed E-state index contributed by atoms with van der Waals surface area (Å²) in [6.07, 6.45) is 3.91. The Hall–Kier alpha value is -0.880. The third kappa shape index (κ3) is 3.12. The van der Waals surface area contributed by atoms with Crippen LogP contribution in [0.1, 0.15) is 31.9 Å². The maximum atomic E-state index is 11.4. The van der Waals surface area contributed by atoms with E-state index in [0.29, 0.717) is 6.42 Å². The number of nitrogens with one attached hydrogen (secondary N) is 2. The molecule has 0 fully saturated rings. The Morgan fingerprint density at radius 2 is 2.36 bits per heavy atom. The van der Waals surface area contributed by atoms with Crippen molar-refractivity contribution in [1.29, 1.82) is 0 Å². The lowest BCUT2D eigenvalue weighted by Crippen LogP contribution is -2.28. The van der Waals surface area contributed by atoms with E-state index in [4.69, 9.17) is 0 Å². The van der Waals surface area contributed by atoms with E-state index in [1.807, 2.05) is 6.92 Å². The van der Waals surface area contributed by atoms with Crippen LogP contribution >= 0.6 is 0 Å². The maximum absolute atomic E-state index is 11.4. The minimum Gasteiger partial charge on any atom is -0.285 e. The molecular weight excluding hydrogens is 202 g/mol. The van der Waals surface area contributed by atoms with Crippen molar-refractivity contribution in [3.63, 3.8) is 0 Å². The van der Waals surface area contributed by atoms with Gasteiger partial charge in [0.2, 0.25) is 10.0 Å². The van der Waals surface area contributed by atoms with Crippen LogP contribution in [-0.2, 0) is 10.0 Å². The van der Waals surface area contributed by atoms with Crippen LogP contribution in [0.4, 0.5) is 0 Å². The van der Waals surface area contributed by atoms with Crippen molar-refractivity contribution in [2.24, 2.45) is 0 Å². The van der Waals surface area contributed by atoms with Crippen molar-refractivity contribution >= 4 is 10.0 Å². The second-order valence-corrected chi connectivity index (χ2v) is 5.06. The number of hydrogen-bond donors (Lipinski definition) is 2. The van der Waals surface area contributed by atoms with Crippen LogP contribution in [0.5, 0.6) is 0 Å². The first kappa shape index (κ1) is 11.2. The number of H-pyrrole nitrogens is 1. The van der Waals surface area contributed by atoms with Gasteiger partial charge in [-0.25, -0.2) is 13.1 Å². The van der Waals surface area contributed by atoms with Gasteiger partial charge in [0, 0.05) is 17.8 Å². The number of aromatic nitrogens is 2. The Balaban J connectivity index is 2.61. The van der Waals surface area contributed by atoms with Crippen molar-refractivity contribution in [1.82, 2.24) is 14.9 Å². The summed E-state index contributed by atoms with van der Waals surface area (Å²) in [7, 11) is -3.15. The molecule has 80 valence electrons. The molecule has 0 spiro atoms. The Bertz CT molecular complexity index is 358. The quantitative estimate of drug-likeness (QED) is 0.766. The van der Waals surface area contributed by atoms with Crippen LogP contribution in [0.3, 0.4) is 0 Å². The van der Waals surface area contributed by atoms with Gasteiger partial charge in [0.05, 0.1) is 11.9 Å². The summed E-state index contributed by atoms with van der Waals surface area (Å²) in [6.45, 7) is 3.62. The lowest BCUT2D eigenvalue weighted by molar-refractivity contribution is 0.565. The third-order valence-corrected chi connectivity index (χ3v) is 3.51. The van der Waals surface area contributed by atoms with Crippen molar-refractivity contribution in [3.05, 3.63) is 18.0 Å². The Morgan fingerprint density at radius 1 is 1.64 bits per heavy atom. The smallest absolute Gasteiger partial charge is 0.212 e. The number of nitrogens with zero attached hydrogens (tertiary/aromatic N) is 1. The molecule has 0 amide bonds. The molecular formula is C8H15N3O2S. The summed E-state index contributed by atoms with van der Waals surface area (Å²) in [5.74, 6) is 0.162. The maximum Gasteiger partial charge on any atom is 0.212 e. The minimum absolute atomic E-state index is 0.162. The molecule has 0 aliphatic heterocycles. The molecule has 2 N–H and O–H groups in total. The number of sulfonamides is 1. The van der Waals surface area contributed by atoms with E-state index >= 15 is 0 Å². The van der Waals surface area contributed by atoms with Gasteiger partial charge in [-0.3, -0.25) is 5.10 Å². The molecule has 0 saturated heterocycles. The highest BCUT2D eigenvalue weighted by molar-refractivity contribution is 7.89. The standard InChI is InChI=1S/C8H15N3O2S/c1-3-4-14(12,13)11-7(2)8-5-9-10-6-8/h5-7,11H,3-4H2,1-2H3,(H,9,10). The average Bonchev–Trinajstić information content (AvgIpc) is 2.53. The minimum atomic E-state index is -3.15. The first-order chi connectivity index (χ1) is 6.55. The van der Waals surface area contributed by atoms with Crippen LogP contribution in [-0.4, -0.2) is 24.4 Å². The van der Waals surface area contributed by atoms with Gasteiger partial charge in [-0.05, 0) is 13.3 Å². The molecule has 14 heavy (non-hydrogen) atoms. The van der Waals surface area contributed by atoms with Gasteiger partial charge >= 0.3 is 0 Å². The first-order valence-electron chi connectivity index (χ1n) is 4.54. The molecule has 1 aromatic rings. The van der Waals surface area contributed by atoms with Gasteiger partial charge in [-0.2, -0.15) is 5.10 Å². The van der Waals surface area contributed by atoms with Crippen LogP contribution < -0.4 is 4.72 Å².